The molecule has 0 bridgehead atoms. The van der Waals surface area contributed by atoms with E-state index in [0.29, 0.717) is 0 Å². The van der Waals surface area contributed by atoms with Crippen LogP contribution in [-0.2, 0) is 0 Å². The highest BCUT2D eigenvalue weighted by Gasteiger charge is 2.38. The minimum absolute atomic E-state index is 0.00454. The number of hydrogen-bond acceptors (Lipinski definition) is 1. The van der Waals surface area contributed by atoms with Crippen LogP contribution in [-0.4, -0.2) is 0 Å². The summed E-state index contributed by atoms with van der Waals surface area (Å²) in [6.45, 7) is 4.40. The normalized spacial score (nSPS) is 36.3. The molecule has 22 heavy (non-hydrogen) atoms. The molecule has 0 atom stereocenters. The molecule has 2 aliphatic carbocycles. The fraction of sp³-hybridized carbons (Fsp3) is 0.857. The second-order valence-corrected chi connectivity index (χ2v) is 7.91. The van der Waals surface area contributed by atoms with E-state index in [0.717, 1.165) is 43.4 Å². The van der Waals surface area contributed by atoms with Crippen molar-refractivity contribution < 1.29 is 0 Å². The lowest BCUT2D eigenvalue weighted by molar-refractivity contribution is 0.117. The Morgan fingerprint density at radius 1 is 1.05 bits per heavy atom. The average molecular weight is 302 g/mol. The van der Waals surface area contributed by atoms with Crippen molar-refractivity contribution in [3.05, 3.63) is 12.2 Å². The molecular weight excluding hydrogens is 266 g/mol. The second kappa shape index (κ2) is 8.76. The van der Waals surface area contributed by atoms with Crippen LogP contribution in [0.3, 0.4) is 0 Å². The van der Waals surface area contributed by atoms with Crippen molar-refractivity contribution in [2.75, 3.05) is 0 Å². The molecule has 2 saturated carbocycles. The van der Waals surface area contributed by atoms with Crippen molar-refractivity contribution in [1.29, 1.82) is 5.26 Å². The summed E-state index contributed by atoms with van der Waals surface area (Å²) in [5, 5.41) is 9.66. The lowest BCUT2D eigenvalue weighted by atomic mass is 9.63. The fourth-order valence-electron chi connectivity index (χ4n) is 4.96. The number of rotatable bonds is 6. The van der Waals surface area contributed by atoms with Gasteiger partial charge in [0.05, 0.1) is 11.5 Å². The maximum atomic E-state index is 9.66. The summed E-state index contributed by atoms with van der Waals surface area (Å²) in [5.74, 6) is 2.91. The Labute approximate surface area is 138 Å². The lowest BCUT2D eigenvalue weighted by Gasteiger charge is -2.40. The number of allylic oxidation sites excluding steroid dienone is 2. The van der Waals surface area contributed by atoms with Gasteiger partial charge in [-0.25, -0.2) is 0 Å². The lowest BCUT2D eigenvalue weighted by Crippen LogP contribution is -2.31. The topological polar surface area (TPSA) is 23.8 Å². The number of nitriles is 1. The molecule has 2 aliphatic rings. The molecule has 0 saturated heterocycles. The Morgan fingerprint density at radius 2 is 1.68 bits per heavy atom. The number of hydrogen-bond donors (Lipinski definition) is 0. The van der Waals surface area contributed by atoms with Crippen molar-refractivity contribution in [2.24, 2.45) is 23.2 Å². The van der Waals surface area contributed by atoms with Crippen LogP contribution in [0.4, 0.5) is 0 Å². The van der Waals surface area contributed by atoms with Crippen molar-refractivity contribution in [1.82, 2.24) is 0 Å². The fourth-order valence-corrected chi connectivity index (χ4v) is 4.96. The van der Waals surface area contributed by atoms with Crippen molar-refractivity contribution >= 4 is 0 Å². The molecule has 0 spiro atoms. The van der Waals surface area contributed by atoms with Crippen LogP contribution in [0.5, 0.6) is 0 Å². The number of nitrogens with zero attached hydrogens (tertiary/aromatic N) is 1. The van der Waals surface area contributed by atoms with Gasteiger partial charge in [0, 0.05) is 0 Å². The average Bonchev–Trinajstić information content (AvgIpc) is 2.57. The van der Waals surface area contributed by atoms with E-state index < -0.39 is 0 Å². The van der Waals surface area contributed by atoms with Gasteiger partial charge in [-0.3, -0.25) is 0 Å². The van der Waals surface area contributed by atoms with Gasteiger partial charge in [-0.15, -0.1) is 0 Å². The Balaban J connectivity index is 1.78. The van der Waals surface area contributed by atoms with Crippen LogP contribution in [0.15, 0.2) is 12.2 Å². The molecular formula is C21H35N. The second-order valence-electron chi connectivity index (χ2n) is 7.91. The van der Waals surface area contributed by atoms with E-state index in [9.17, 15) is 5.26 Å². The van der Waals surface area contributed by atoms with Gasteiger partial charge in [0.1, 0.15) is 0 Å². The Kier molecular flexibility index (Phi) is 7.00. The first-order chi connectivity index (χ1) is 10.7. The summed E-state index contributed by atoms with van der Waals surface area (Å²) in [7, 11) is 0. The molecule has 0 aromatic heterocycles. The van der Waals surface area contributed by atoms with Gasteiger partial charge in [-0.1, -0.05) is 44.8 Å². The maximum Gasteiger partial charge on any atom is 0.0689 e. The largest absolute Gasteiger partial charge is 0.198 e. The van der Waals surface area contributed by atoms with Crippen molar-refractivity contribution in [3.63, 3.8) is 0 Å². The molecule has 1 heteroatoms. The zero-order chi connectivity index (χ0) is 15.8. The molecule has 0 unspecified atom stereocenters. The molecule has 0 aromatic carbocycles. The Morgan fingerprint density at radius 3 is 2.23 bits per heavy atom. The van der Waals surface area contributed by atoms with Crippen LogP contribution >= 0.6 is 0 Å². The maximum absolute atomic E-state index is 9.66. The Bertz CT molecular complexity index is 373. The highest BCUT2D eigenvalue weighted by atomic mass is 14.4. The van der Waals surface area contributed by atoms with Gasteiger partial charge in [0.2, 0.25) is 0 Å². The minimum Gasteiger partial charge on any atom is -0.198 e. The smallest absolute Gasteiger partial charge is 0.0689 e. The highest BCUT2D eigenvalue weighted by molar-refractivity contribution is 5.03. The van der Waals surface area contributed by atoms with E-state index in [2.05, 4.69) is 32.1 Å². The van der Waals surface area contributed by atoms with Gasteiger partial charge in [-0.05, 0) is 76.0 Å². The van der Waals surface area contributed by atoms with Crippen LogP contribution in [0.25, 0.3) is 0 Å². The van der Waals surface area contributed by atoms with E-state index in [1.54, 1.807) is 0 Å². The predicted octanol–water partition coefficient (Wildman–Crippen LogP) is 6.65. The summed E-state index contributed by atoms with van der Waals surface area (Å²) in [4.78, 5) is 0. The molecule has 1 nitrogen and oxygen atoms in total. The van der Waals surface area contributed by atoms with E-state index >= 15 is 0 Å². The van der Waals surface area contributed by atoms with Crippen LogP contribution < -0.4 is 0 Å². The molecule has 0 amide bonds. The van der Waals surface area contributed by atoms with Crippen LogP contribution in [0, 0.1) is 34.5 Å². The first-order valence-electron chi connectivity index (χ1n) is 9.75. The molecule has 124 valence electrons. The standard InChI is InChI=1S/C21H35N/c1-3-5-6-14-21(17-22)15-12-20(13-16-21)19-10-8-18(7-4-2)9-11-19/h3,5,18-20H,4,6-16H2,1-2H3/b5-3+. The van der Waals surface area contributed by atoms with Gasteiger partial charge < -0.3 is 0 Å². The van der Waals surface area contributed by atoms with E-state index in [1.807, 2.05) is 0 Å². The quantitative estimate of drug-likeness (QED) is 0.504. The molecule has 0 heterocycles. The molecule has 2 fully saturated rings. The monoisotopic (exact) mass is 301 g/mol. The first-order valence-corrected chi connectivity index (χ1v) is 9.75. The molecule has 0 radical (unpaired) electrons. The summed E-state index contributed by atoms with van der Waals surface area (Å²) in [5.41, 5.74) is -0.00454. The predicted molar refractivity (Wildman–Crippen MR) is 94.4 cm³/mol. The van der Waals surface area contributed by atoms with Gasteiger partial charge >= 0.3 is 0 Å². The molecule has 2 rings (SSSR count). The molecule has 0 aromatic rings. The third-order valence-electron chi connectivity index (χ3n) is 6.50. The Hall–Kier alpha value is -0.770. The first kappa shape index (κ1) is 17.6. The minimum atomic E-state index is -0.00454. The van der Waals surface area contributed by atoms with Gasteiger partial charge in [0.15, 0.2) is 0 Å². The molecule has 0 aliphatic heterocycles. The zero-order valence-electron chi connectivity index (χ0n) is 14.8. The zero-order valence-corrected chi connectivity index (χ0v) is 14.8. The van der Waals surface area contributed by atoms with E-state index in [4.69, 9.17) is 0 Å². The third kappa shape index (κ3) is 4.61. The third-order valence-corrected chi connectivity index (χ3v) is 6.50. The van der Waals surface area contributed by atoms with E-state index in [1.165, 1.54) is 51.4 Å². The van der Waals surface area contributed by atoms with Gasteiger partial charge in [-0.2, -0.15) is 5.26 Å². The summed E-state index contributed by atoms with van der Waals surface area (Å²) < 4.78 is 0. The summed E-state index contributed by atoms with van der Waals surface area (Å²) in [6.07, 6.45) is 20.1. The van der Waals surface area contributed by atoms with Crippen LogP contribution in [0.1, 0.15) is 90.9 Å². The SMILES string of the molecule is C/C=C/CCC1(C#N)CCC(C2CCC(CCC)CC2)CC1. The summed E-state index contributed by atoms with van der Waals surface area (Å²) >= 11 is 0. The molecule has 0 N–H and O–H groups in total. The van der Waals surface area contributed by atoms with Crippen molar-refractivity contribution in [2.45, 2.75) is 90.9 Å². The van der Waals surface area contributed by atoms with Crippen molar-refractivity contribution in [3.8, 4) is 6.07 Å². The van der Waals surface area contributed by atoms with Crippen LogP contribution in [0.2, 0.25) is 0 Å². The van der Waals surface area contributed by atoms with Gasteiger partial charge in [0.25, 0.3) is 0 Å². The highest BCUT2D eigenvalue weighted by Crippen LogP contribution is 2.47. The van der Waals surface area contributed by atoms with E-state index in [-0.39, 0.29) is 5.41 Å². The summed E-state index contributed by atoms with van der Waals surface area (Å²) in [6, 6.07) is 2.69.